The smallest absolute Gasteiger partial charge is 0.287 e. The van der Waals surface area contributed by atoms with E-state index in [0.29, 0.717) is 17.9 Å². The van der Waals surface area contributed by atoms with Crippen molar-refractivity contribution >= 4 is 28.5 Å². The van der Waals surface area contributed by atoms with Crippen LogP contribution in [0, 0.1) is 5.92 Å². The molecule has 0 saturated carbocycles. The quantitative estimate of drug-likeness (QED) is 0.741. The number of hydrogen-bond acceptors (Lipinski definition) is 3. The van der Waals surface area contributed by atoms with Crippen LogP contribution in [0.2, 0.25) is 0 Å². The minimum atomic E-state index is -0.256. The average molecular weight is 336 g/mol. The monoisotopic (exact) mass is 336 g/mol. The van der Waals surface area contributed by atoms with Crippen LogP contribution in [0.1, 0.15) is 30.0 Å². The van der Waals surface area contributed by atoms with Crippen LogP contribution < -0.4 is 10.6 Å². The molecule has 3 aromatic rings. The first-order chi connectivity index (χ1) is 12.0. The lowest BCUT2D eigenvalue weighted by Crippen LogP contribution is -2.22. The summed E-state index contributed by atoms with van der Waals surface area (Å²) < 4.78 is 5.54. The molecule has 0 spiro atoms. The molecule has 5 heteroatoms. The first kappa shape index (κ1) is 16.8. The highest BCUT2D eigenvalue weighted by Gasteiger charge is 2.12. The summed E-state index contributed by atoms with van der Waals surface area (Å²) in [5.41, 5.74) is 2.37. The molecule has 0 fully saturated rings. The third-order valence-corrected chi connectivity index (χ3v) is 3.85. The van der Waals surface area contributed by atoms with Crippen LogP contribution in [-0.4, -0.2) is 11.8 Å². The zero-order chi connectivity index (χ0) is 17.8. The Labute approximate surface area is 146 Å². The molecular weight excluding hydrogens is 316 g/mol. The number of furan rings is 1. The second-order valence-electron chi connectivity index (χ2n) is 6.17. The molecular formula is C20H20N2O3. The molecule has 0 radical (unpaired) electrons. The predicted molar refractivity (Wildman–Crippen MR) is 97.3 cm³/mol. The van der Waals surface area contributed by atoms with Gasteiger partial charge in [-0.1, -0.05) is 44.2 Å². The van der Waals surface area contributed by atoms with Gasteiger partial charge in [-0.15, -0.1) is 0 Å². The summed E-state index contributed by atoms with van der Waals surface area (Å²) in [4.78, 5) is 23.9. The van der Waals surface area contributed by atoms with Crippen molar-refractivity contribution in [3.63, 3.8) is 0 Å². The van der Waals surface area contributed by atoms with Crippen molar-refractivity contribution in [2.24, 2.45) is 5.92 Å². The molecule has 1 heterocycles. The van der Waals surface area contributed by atoms with Crippen molar-refractivity contribution < 1.29 is 14.0 Å². The van der Waals surface area contributed by atoms with Gasteiger partial charge in [-0.25, -0.2) is 0 Å². The van der Waals surface area contributed by atoms with Gasteiger partial charge in [0.1, 0.15) is 5.58 Å². The van der Waals surface area contributed by atoms with E-state index in [0.717, 1.165) is 16.6 Å². The summed E-state index contributed by atoms with van der Waals surface area (Å²) in [6.07, 6.45) is 0. The van der Waals surface area contributed by atoms with Crippen molar-refractivity contribution in [3.05, 3.63) is 65.9 Å². The molecule has 0 atom stereocenters. The molecule has 0 unspecified atom stereocenters. The Balaban J connectivity index is 1.59. The highest BCUT2D eigenvalue weighted by atomic mass is 16.3. The molecule has 0 bridgehead atoms. The molecule has 0 saturated heterocycles. The van der Waals surface area contributed by atoms with Crippen LogP contribution in [0.15, 0.2) is 59.0 Å². The van der Waals surface area contributed by atoms with Gasteiger partial charge in [-0.3, -0.25) is 9.59 Å². The minimum Gasteiger partial charge on any atom is -0.451 e. The van der Waals surface area contributed by atoms with E-state index < -0.39 is 0 Å². The molecule has 128 valence electrons. The third-order valence-electron chi connectivity index (χ3n) is 3.85. The first-order valence-electron chi connectivity index (χ1n) is 8.19. The van der Waals surface area contributed by atoms with E-state index >= 15 is 0 Å². The number of nitrogens with one attached hydrogen (secondary N) is 2. The van der Waals surface area contributed by atoms with Gasteiger partial charge in [0.25, 0.3) is 5.91 Å². The summed E-state index contributed by atoms with van der Waals surface area (Å²) in [7, 11) is 0. The Kier molecular flexibility index (Phi) is 4.84. The largest absolute Gasteiger partial charge is 0.451 e. The van der Waals surface area contributed by atoms with Crippen LogP contribution in [-0.2, 0) is 11.3 Å². The Morgan fingerprint density at radius 2 is 1.76 bits per heavy atom. The maximum absolute atomic E-state index is 12.2. The van der Waals surface area contributed by atoms with E-state index in [4.69, 9.17) is 4.42 Å². The maximum atomic E-state index is 12.2. The molecule has 0 aliphatic carbocycles. The summed E-state index contributed by atoms with van der Waals surface area (Å²) in [5.74, 6) is -0.0517. The zero-order valence-corrected chi connectivity index (χ0v) is 14.2. The second kappa shape index (κ2) is 7.21. The number of carbonyl (C=O) groups is 2. The summed E-state index contributed by atoms with van der Waals surface area (Å²) in [6, 6.07) is 16.6. The molecule has 5 nitrogen and oxygen atoms in total. The summed E-state index contributed by atoms with van der Waals surface area (Å²) in [6.45, 7) is 4.07. The number of fused-ring (bicyclic) bond motifs is 1. The highest BCUT2D eigenvalue weighted by molar-refractivity contribution is 5.96. The maximum Gasteiger partial charge on any atom is 0.287 e. The van der Waals surface area contributed by atoms with E-state index in [1.54, 1.807) is 6.07 Å². The molecule has 0 aliphatic heterocycles. The van der Waals surface area contributed by atoms with Gasteiger partial charge in [0.2, 0.25) is 5.91 Å². The van der Waals surface area contributed by atoms with E-state index in [-0.39, 0.29) is 17.7 Å². The van der Waals surface area contributed by atoms with E-state index in [1.165, 1.54) is 0 Å². The normalized spacial score (nSPS) is 10.8. The van der Waals surface area contributed by atoms with Crippen LogP contribution >= 0.6 is 0 Å². The number of benzene rings is 2. The zero-order valence-electron chi connectivity index (χ0n) is 14.2. The molecule has 2 amide bonds. The standard InChI is InChI=1S/C20H20N2O3/c1-13(2)19(23)22-16-9-7-14(8-10-16)12-21-20(24)18-11-15-5-3-4-6-17(15)25-18/h3-11,13H,12H2,1-2H3,(H,21,24)(H,22,23). The van der Waals surface area contributed by atoms with E-state index in [2.05, 4.69) is 10.6 Å². The van der Waals surface area contributed by atoms with Gasteiger partial charge < -0.3 is 15.1 Å². The van der Waals surface area contributed by atoms with Crippen molar-refractivity contribution in [3.8, 4) is 0 Å². The van der Waals surface area contributed by atoms with E-state index in [1.807, 2.05) is 62.4 Å². The average Bonchev–Trinajstić information content (AvgIpc) is 3.05. The highest BCUT2D eigenvalue weighted by Crippen LogP contribution is 2.18. The van der Waals surface area contributed by atoms with Crippen LogP contribution in [0.5, 0.6) is 0 Å². The fourth-order valence-electron chi connectivity index (χ4n) is 2.36. The molecule has 0 aliphatic rings. The molecule has 2 N–H and O–H groups in total. The lowest BCUT2D eigenvalue weighted by molar-refractivity contribution is -0.118. The van der Waals surface area contributed by atoms with Crippen molar-refractivity contribution in [2.75, 3.05) is 5.32 Å². The molecule has 2 aromatic carbocycles. The van der Waals surface area contributed by atoms with Crippen LogP contribution in [0.3, 0.4) is 0 Å². The Bertz CT molecular complexity index is 862. The topological polar surface area (TPSA) is 71.3 Å². The Morgan fingerprint density at radius 3 is 2.44 bits per heavy atom. The Hall–Kier alpha value is -3.08. The van der Waals surface area contributed by atoms with Crippen molar-refractivity contribution in [1.29, 1.82) is 0 Å². The van der Waals surface area contributed by atoms with Crippen molar-refractivity contribution in [1.82, 2.24) is 5.32 Å². The van der Waals surface area contributed by atoms with Gasteiger partial charge in [0.05, 0.1) is 0 Å². The van der Waals surface area contributed by atoms with Crippen LogP contribution in [0.25, 0.3) is 11.0 Å². The third kappa shape index (κ3) is 4.07. The fourth-order valence-corrected chi connectivity index (χ4v) is 2.36. The number of amides is 2. The van der Waals surface area contributed by atoms with Gasteiger partial charge >= 0.3 is 0 Å². The minimum absolute atomic E-state index is 0.0223. The summed E-state index contributed by atoms with van der Waals surface area (Å²) >= 11 is 0. The van der Waals surface area contributed by atoms with Gasteiger partial charge in [0.15, 0.2) is 5.76 Å². The summed E-state index contributed by atoms with van der Waals surface area (Å²) in [5, 5.41) is 6.57. The van der Waals surface area contributed by atoms with Gasteiger partial charge in [-0.05, 0) is 29.8 Å². The number of para-hydroxylation sites is 1. The van der Waals surface area contributed by atoms with Gasteiger partial charge in [0, 0.05) is 23.5 Å². The first-order valence-corrected chi connectivity index (χ1v) is 8.19. The lowest BCUT2D eigenvalue weighted by Gasteiger charge is -2.09. The molecule has 1 aromatic heterocycles. The van der Waals surface area contributed by atoms with Crippen LogP contribution in [0.4, 0.5) is 5.69 Å². The SMILES string of the molecule is CC(C)C(=O)Nc1ccc(CNC(=O)c2cc3ccccc3o2)cc1. The predicted octanol–water partition coefficient (Wildman–Crippen LogP) is 3.96. The van der Waals surface area contributed by atoms with Gasteiger partial charge in [-0.2, -0.15) is 0 Å². The van der Waals surface area contributed by atoms with E-state index in [9.17, 15) is 9.59 Å². The molecule has 3 rings (SSSR count). The number of rotatable bonds is 5. The van der Waals surface area contributed by atoms with Crippen molar-refractivity contribution in [2.45, 2.75) is 20.4 Å². The lowest BCUT2D eigenvalue weighted by atomic mass is 10.1. The number of hydrogen-bond donors (Lipinski definition) is 2. The fraction of sp³-hybridized carbons (Fsp3) is 0.200. The second-order valence-corrected chi connectivity index (χ2v) is 6.17. The molecule has 25 heavy (non-hydrogen) atoms. The Morgan fingerprint density at radius 1 is 1.04 bits per heavy atom. The number of carbonyl (C=O) groups excluding carboxylic acids is 2. The number of anilines is 1.